The Morgan fingerprint density at radius 1 is 1.22 bits per heavy atom. The average molecular weight is 245 g/mol. The third kappa shape index (κ3) is 2.66. The van der Waals surface area contributed by atoms with Gasteiger partial charge in [-0.15, -0.1) is 0 Å². The molecule has 2 N–H and O–H groups in total. The Kier molecular flexibility index (Phi) is 3.50. The maximum absolute atomic E-state index is 6.02. The monoisotopic (exact) mass is 245 g/mol. The molecule has 1 atom stereocenters. The molecule has 1 aromatic heterocycles. The van der Waals surface area contributed by atoms with Gasteiger partial charge in [-0.3, -0.25) is 4.68 Å². The topological polar surface area (TPSA) is 43.8 Å². The molecular formula is C15H23N3. The second-order valence-corrected chi connectivity index (χ2v) is 5.82. The summed E-state index contributed by atoms with van der Waals surface area (Å²) in [6.07, 6.45) is 14.4. The fraction of sp³-hybridized carbons (Fsp3) is 0.667. The molecule has 2 fully saturated rings. The van der Waals surface area contributed by atoms with Crippen molar-refractivity contribution in [3.8, 4) is 0 Å². The molecule has 3 heteroatoms. The van der Waals surface area contributed by atoms with Crippen LogP contribution in [0.5, 0.6) is 0 Å². The van der Waals surface area contributed by atoms with E-state index in [-0.39, 0.29) is 0 Å². The fourth-order valence-corrected chi connectivity index (χ4v) is 3.27. The summed E-state index contributed by atoms with van der Waals surface area (Å²) in [6.45, 7) is 0. The van der Waals surface area contributed by atoms with Crippen molar-refractivity contribution in [3.05, 3.63) is 23.5 Å². The second kappa shape index (κ2) is 5.27. The molecule has 2 aliphatic carbocycles. The third-order valence-electron chi connectivity index (χ3n) is 4.28. The molecule has 2 saturated carbocycles. The molecule has 18 heavy (non-hydrogen) atoms. The Morgan fingerprint density at radius 2 is 2.06 bits per heavy atom. The molecule has 0 radical (unpaired) electrons. The molecule has 3 nitrogen and oxygen atoms in total. The quantitative estimate of drug-likeness (QED) is 0.869. The number of nitrogens with two attached hydrogens (primary N) is 1. The highest BCUT2D eigenvalue weighted by atomic mass is 15.3. The van der Waals surface area contributed by atoms with Crippen LogP contribution in [0.3, 0.4) is 0 Å². The maximum Gasteiger partial charge on any atom is 0.0850 e. The molecule has 0 spiro atoms. The van der Waals surface area contributed by atoms with Crippen LogP contribution in [-0.4, -0.2) is 15.8 Å². The van der Waals surface area contributed by atoms with Crippen molar-refractivity contribution in [1.82, 2.24) is 9.78 Å². The average Bonchev–Trinajstić information content (AvgIpc) is 2.98. The van der Waals surface area contributed by atoms with E-state index in [0.29, 0.717) is 12.1 Å². The van der Waals surface area contributed by atoms with Crippen LogP contribution in [0.25, 0.3) is 6.08 Å². The summed E-state index contributed by atoms with van der Waals surface area (Å²) in [6, 6.07) is 3.15. The molecule has 3 rings (SSSR count). The van der Waals surface area contributed by atoms with Crippen molar-refractivity contribution < 1.29 is 0 Å². The normalized spacial score (nSPS) is 28.1. The summed E-state index contributed by atoms with van der Waals surface area (Å²) in [7, 11) is 0. The SMILES string of the molecule is NC1CCCC(=Cc2ccn(C3CCCC3)n2)C1. The first kappa shape index (κ1) is 12.0. The van der Waals surface area contributed by atoms with Gasteiger partial charge in [0, 0.05) is 12.2 Å². The van der Waals surface area contributed by atoms with E-state index in [2.05, 4.69) is 23.0 Å². The molecule has 1 unspecified atom stereocenters. The Balaban J connectivity index is 1.70. The summed E-state index contributed by atoms with van der Waals surface area (Å²) in [4.78, 5) is 0. The van der Waals surface area contributed by atoms with E-state index < -0.39 is 0 Å². The largest absolute Gasteiger partial charge is 0.327 e. The van der Waals surface area contributed by atoms with E-state index >= 15 is 0 Å². The molecule has 1 aromatic rings. The molecule has 0 bridgehead atoms. The molecule has 98 valence electrons. The molecule has 0 amide bonds. The highest BCUT2D eigenvalue weighted by molar-refractivity contribution is 5.48. The lowest BCUT2D eigenvalue weighted by Crippen LogP contribution is -2.23. The van der Waals surface area contributed by atoms with Crippen molar-refractivity contribution >= 4 is 6.08 Å². The molecule has 2 aliphatic rings. The van der Waals surface area contributed by atoms with Gasteiger partial charge in [0.05, 0.1) is 11.7 Å². The van der Waals surface area contributed by atoms with E-state index in [9.17, 15) is 0 Å². The van der Waals surface area contributed by atoms with Crippen LogP contribution in [0.1, 0.15) is 63.1 Å². The van der Waals surface area contributed by atoms with E-state index in [1.165, 1.54) is 50.5 Å². The van der Waals surface area contributed by atoms with Crippen molar-refractivity contribution in [2.24, 2.45) is 5.73 Å². The van der Waals surface area contributed by atoms with Crippen molar-refractivity contribution in [1.29, 1.82) is 0 Å². The van der Waals surface area contributed by atoms with E-state index in [1.807, 2.05) is 0 Å². The lowest BCUT2D eigenvalue weighted by atomic mass is 9.91. The second-order valence-electron chi connectivity index (χ2n) is 5.82. The van der Waals surface area contributed by atoms with Crippen LogP contribution in [0.4, 0.5) is 0 Å². The van der Waals surface area contributed by atoms with E-state index in [4.69, 9.17) is 10.8 Å². The molecular weight excluding hydrogens is 222 g/mol. The first-order valence-electron chi connectivity index (χ1n) is 7.31. The summed E-state index contributed by atoms with van der Waals surface area (Å²) in [5.41, 5.74) is 8.61. The van der Waals surface area contributed by atoms with Gasteiger partial charge in [-0.05, 0) is 50.7 Å². The number of hydrogen-bond acceptors (Lipinski definition) is 2. The van der Waals surface area contributed by atoms with Crippen LogP contribution in [0, 0.1) is 0 Å². The summed E-state index contributed by atoms with van der Waals surface area (Å²) in [5.74, 6) is 0. The van der Waals surface area contributed by atoms with Crippen molar-refractivity contribution in [2.45, 2.75) is 63.5 Å². The predicted octanol–water partition coefficient (Wildman–Crippen LogP) is 3.28. The van der Waals surface area contributed by atoms with Crippen molar-refractivity contribution in [2.75, 3.05) is 0 Å². The lowest BCUT2D eigenvalue weighted by Gasteiger charge is -2.20. The van der Waals surface area contributed by atoms with Gasteiger partial charge in [0.15, 0.2) is 0 Å². The Labute approximate surface area is 109 Å². The van der Waals surface area contributed by atoms with Gasteiger partial charge >= 0.3 is 0 Å². The van der Waals surface area contributed by atoms with Gasteiger partial charge in [-0.25, -0.2) is 0 Å². The molecule has 1 heterocycles. The Hall–Kier alpha value is -1.09. The van der Waals surface area contributed by atoms with Gasteiger partial charge in [-0.2, -0.15) is 5.10 Å². The number of rotatable bonds is 2. The summed E-state index contributed by atoms with van der Waals surface area (Å²) >= 11 is 0. The zero-order valence-electron chi connectivity index (χ0n) is 11.0. The highest BCUT2D eigenvalue weighted by Gasteiger charge is 2.18. The first-order chi connectivity index (χ1) is 8.81. The van der Waals surface area contributed by atoms with Crippen LogP contribution in [0.15, 0.2) is 17.8 Å². The molecule has 0 aliphatic heterocycles. The minimum Gasteiger partial charge on any atom is -0.327 e. The third-order valence-corrected chi connectivity index (χ3v) is 4.28. The zero-order valence-corrected chi connectivity index (χ0v) is 11.0. The van der Waals surface area contributed by atoms with Gasteiger partial charge < -0.3 is 5.73 Å². The highest BCUT2D eigenvalue weighted by Crippen LogP contribution is 2.29. The van der Waals surface area contributed by atoms with Gasteiger partial charge in [0.25, 0.3) is 0 Å². The number of nitrogens with zero attached hydrogens (tertiary/aromatic N) is 2. The Morgan fingerprint density at radius 3 is 2.83 bits per heavy atom. The molecule has 0 saturated heterocycles. The maximum atomic E-state index is 6.02. The predicted molar refractivity (Wildman–Crippen MR) is 74.2 cm³/mol. The van der Waals surface area contributed by atoms with Crippen LogP contribution < -0.4 is 5.73 Å². The first-order valence-corrected chi connectivity index (χ1v) is 7.31. The zero-order chi connectivity index (χ0) is 12.4. The smallest absolute Gasteiger partial charge is 0.0850 e. The minimum absolute atomic E-state index is 0.363. The van der Waals surface area contributed by atoms with E-state index in [1.54, 1.807) is 0 Å². The molecule has 0 aromatic carbocycles. The fourth-order valence-electron chi connectivity index (χ4n) is 3.27. The summed E-state index contributed by atoms with van der Waals surface area (Å²) < 4.78 is 2.17. The standard InChI is InChI=1S/C15H23N3/c16-13-5-3-4-12(10-13)11-14-8-9-18(17-14)15-6-1-2-7-15/h8-9,11,13,15H,1-7,10,16H2. The van der Waals surface area contributed by atoms with Crippen LogP contribution >= 0.6 is 0 Å². The van der Waals surface area contributed by atoms with Gasteiger partial charge in [0.1, 0.15) is 0 Å². The van der Waals surface area contributed by atoms with E-state index in [0.717, 1.165) is 12.1 Å². The van der Waals surface area contributed by atoms with Crippen LogP contribution in [-0.2, 0) is 0 Å². The Bertz CT molecular complexity index is 427. The minimum atomic E-state index is 0.363. The summed E-state index contributed by atoms with van der Waals surface area (Å²) in [5, 5.41) is 4.71. The van der Waals surface area contributed by atoms with Gasteiger partial charge in [-0.1, -0.05) is 18.4 Å². The lowest BCUT2D eigenvalue weighted by molar-refractivity contribution is 0.466. The van der Waals surface area contributed by atoms with Crippen LogP contribution in [0.2, 0.25) is 0 Å². The number of aromatic nitrogens is 2. The van der Waals surface area contributed by atoms with Gasteiger partial charge in [0.2, 0.25) is 0 Å². The van der Waals surface area contributed by atoms with Crippen molar-refractivity contribution in [3.63, 3.8) is 0 Å². The number of hydrogen-bond donors (Lipinski definition) is 1.